The Morgan fingerprint density at radius 3 is 2.67 bits per heavy atom. The number of rotatable bonds is 2. The van der Waals surface area contributed by atoms with E-state index in [1.165, 1.54) is 4.57 Å². The van der Waals surface area contributed by atoms with E-state index in [9.17, 15) is 9.59 Å². The quantitative estimate of drug-likeness (QED) is 0.480. The summed E-state index contributed by atoms with van der Waals surface area (Å²) in [6.07, 6.45) is 0. The van der Waals surface area contributed by atoms with Gasteiger partial charge in [0.2, 0.25) is 0 Å². The second-order valence-corrected chi connectivity index (χ2v) is 2.30. The van der Waals surface area contributed by atoms with Crippen molar-refractivity contribution in [2.24, 2.45) is 5.73 Å². The molecule has 5 N–H and O–H groups in total. The molecule has 0 saturated heterocycles. The smallest absolute Gasteiger partial charge is 0.329 e. The number of hydrogen-bond acceptors (Lipinski definition) is 4. The Bertz CT molecular complexity index is 378. The first-order valence-corrected chi connectivity index (χ1v) is 3.45. The van der Waals surface area contributed by atoms with E-state index in [0.29, 0.717) is 13.1 Å². The van der Waals surface area contributed by atoms with E-state index in [1.54, 1.807) is 0 Å². The SMILES string of the molecule is NCCn1c(N)cc(=O)[nH]c1=O. The van der Waals surface area contributed by atoms with Crippen molar-refractivity contribution in [3.63, 3.8) is 0 Å². The molecule has 0 aromatic carbocycles. The van der Waals surface area contributed by atoms with Crippen LogP contribution < -0.4 is 22.7 Å². The lowest BCUT2D eigenvalue weighted by Crippen LogP contribution is -2.33. The summed E-state index contributed by atoms with van der Waals surface area (Å²) in [4.78, 5) is 23.8. The van der Waals surface area contributed by atoms with E-state index in [-0.39, 0.29) is 5.82 Å². The first-order chi connectivity index (χ1) is 5.65. The van der Waals surface area contributed by atoms with Gasteiger partial charge < -0.3 is 11.5 Å². The fraction of sp³-hybridized carbons (Fsp3) is 0.333. The second kappa shape index (κ2) is 3.22. The third-order valence-corrected chi connectivity index (χ3v) is 1.42. The van der Waals surface area contributed by atoms with Crippen molar-refractivity contribution >= 4 is 5.82 Å². The molecule has 0 radical (unpaired) electrons. The van der Waals surface area contributed by atoms with Gasteiger partial charge in [-0.3, -0.25) is 14.3 Å². The molecule has 66 valence electrons. The van der Waals surface area contributed by atoms with Crippen molar-refractivity contribution in [2.75, 3.05) is 12.3 Å². The minimum Gasteiger partial charge on any atom is -0.385 e. The number of hydrogen-bond donors (Lipinski definition) is 3. The third-order valence-electron chi connectivity index (χ3n) is 1.42. The van der Waals surface area contributed by atoms with E-state index in [2.05, 4.69) is 4.98 Å². The van der Waals surface area contributed by atoms with Gasteiger partial charge in [-0.05, 0) is 0 Å². The van der Waals surface area contributed by atoms with Gasteiger partial charge in [-0.2, -0.15) is 0 Å². The van der Waals surface area contributed by atoms with Crippen molar-refractivity contribution in [1.29, 1.82) is 0 Å². The van der Waals surface area contributed by atoms with Crippen LogP contribution in [0.4, 0.5) is 5.82 Å². The molecule has 0 atom stereocenters. The summed E-state index contributed by atoms with van der Waals surface area (Å²) < 4.78 is 1.21. The van der Waals surface area contributed by atoms with Crippen LogP contribution in [0.15, 0.2) is 15.7 Å². The van der Waals surface area contributed by atoms with Gasteiger partial charge in [0, 0.05) is 19.2 Å². The number of aromatic nitrogens is 2. The molecule has 0 unspecified atom stereocenters. The van der Waals surface area contributed by atoms with E-state index < -0.39 is 11.2 Å². The molecule has 6 heteroatoms. The van der Waals surface area contributed by atoms with Gasteiger partial charge >= 0.3 is 5.69 Å². The molecule has 0 aliphatic heterocycles. The summed E-state index contributed by atoms with van der Waals surface area (Å²) in [5.41, 5.74) is 9.61. The fourth-order valence-corrected chi connectivity index (χ4v) is 0.898. The van der Waals surface area contributed by atoms with Gasteiger partial charge in [-0.25, -0.2) is 4.79 Å². The van der Waals surface area contributed by atoms with Crippen LogP contribution in [-0.2, 0) is 6.54 Å². The predicted octanol–water partition coefficient (Wildman–Crippen LogP) is -1.92. The molecule has 0 spiro atoms. The maximum Gasteiger partial charge on any atom is 0.329 e. The fourth-order valence-electron chi connectivity index (χ4n) is 0.898. The number of nitrogens with two attached hydrogens (primary N) is 2. The zero-order valence-corrected chi connectivity index (χ0v) is 6.41. The lowest BCUT2D eigenvalue weighted by Gasteiger charge is -2.04. The summed E-state index contributed by atoms with van der Waals surface area (Å²) >= 11 is 0. The van der Waals surface area contributed by atoms with E-state index in [0.717, 1.165) is 6.07 Å². The first kappa shape index (κ1) is 8.54. The lowest BCUT2D eigenvalue weighted by molar-refractivity contribution is 0.665. The number of nitrogen functional groups attached to an aromatic ring is 1. The molecule has 1 aromatic heterocycles. The molecule has 1 heterocycles. The van der Waals surface area contributed by atoms with E-state index in [4.69, 9.17) is 11.5 Å². The average molecular weight is 170 g/mol. The van der Waals surface area contributed by atoms with Crippen LogP contribution in [-0.4, -0.2) is 16.1 Å². The minimum absolute atomic E-state index is 0.134. The number of H-pyrrole nitrogens is 1. The Hall–Kier alpha value is -1.56. The average Bonchev–Trinajstić information content (AvgIpc) is 1.96. The topological polar surface area (TPSA) is 107 Å². The highest BCUT2D eigenvalue weighted by Crippen LogP contribution is 1.89. The Labute approximate surface area is 67.8 Å². The van der Waals surface area contributed by atoms with Crippen LogP contribution >= 0.6 is 0 Å². The lowest BCUT2D eigenvalue weighted by atomic mass is 10.5. The van der Waals surface area contributed by atoms with Crippen LogP contribution in [0.1, 0.15) is 0 Å². The van der Waals surface area contributed by atoms with Gasteiger partial charge in [0.05, 0.1) is 0 Å². The van der Waals surface area contributed by atoms with Crippen LogP contribution in [0.3, 0.4) is 0 Å². The van der Waals surface area contributed by atoms with Crippen molar-refractivity contribution in [2.45, 2.75) is 6.54 Å². The number of nitrogens with zero attached hydrogens (tertiary/aromatic N) is 1. The first-order valence-electron chi connectivity index (χ1n) is 3.45. The third kappa shape index (κ3) is 1.54. The molecule has 0 saturated carbocycles. The summed E-state index contributed by atoms with van der Waals surface area (Å²) in [6, 6.07) is 1.15. The standard InChI is InChI=1S/C6H10N4O2/c7-1-2-10-4(8)3-5(11)9-6(10)12/h3H,1-2,7-8H2,(H,9,11,12). The highest BCUT2D eigenvalue weighted by molar-refractivity contribution is 5.25. The summed E-state index contributed by atoms with van der Waals surface area (Å²) in [7, 11) is 0. The molecule has 0 aliphatic rings. The van der Waals surface area contributed by atoms with Gasteiger partial charge in [-0.1, -0.05) is 0 Å². The molecular weight excluding hydrogens is 160 g/mol. The monoisotopic (exact) mass is 170 g/mol. The Kier molecular flexibility index (Phi) is 2.29. The van der Waals surface area contributed by atoms with Crippen LogP contribution in [0.5, 0.6) is 0 Å². The van der Waals surface area contributed by atoms with Crippen molar-refractivity contribution in [3.8, 4) is 0 Å². The second-order valence-electron chi connectivity index (χ2n) is 2.30. The molecule has 0 bridgehead atoms. The van der Waals surface area contributed by atoms with E-state index in [1.807, 2.05) is 0 Å². The molecule has 1 rings (SSSR count). The zero-order valence-electron chi connectivity index (χ0n) is 6.41. The highest BCUT2D eigenvalue weighted by atomic mass is 16.2. The Balaban J connectivity index is 3.29. The minimum atomic E-state index is -0.523. The van der Waals surface area contributed by atoms with Crippen LogP contribution in [0.25, 0.3) is 0 Å². The molecule has 1 aromatic rings. The summed E-state index contributed by atoms with van der Waals surface area (Å²) in [5, 5.41) is 0. The largest absolute Gasteiger partial charge is 0.385 e. The molecule has 0 fully saturated rings. The van der Waals surface area contributed by atoms with Gasteiger partial charge in [0.1, 0.15) is 5.82 Å². The molecule has 0 aliphatic carbocycles. The maximum absolute atomic E-state index is 11.0. The maximum atomic E-state index is 11.0. The summed E-state index contributed by atoms with van der Waals surface area (Å²) in [5.74, 6) is 0.134. The Morgan fingerprint density at radius 1 is 1.50 bits per heavy atom. The van der Waals surface area contributed by atoms with Gasteiger partial charge in [0.25, 0.3) is 5.56 Å². The van der Waals surface area contributed by atoms with Crippen LogP contribution in [0.2, 0.25) is 0 Å². The predicted molar refractivity (Wildman–Crippen MR) is 44.8 cm³/mol. The van der Waals surface area contributed by atoms with Gasteiger partial charge in [0.15, 0.2) is 0 Å². The van der Waals surface area contributed by atoms with Crippen molar-refractivity contribution in [1.82, 2.24) is 9.55 Å². The molecule has 0 amide bonds. The normalized spacial score (nSPS) is 10.1. The number of nitrogens with one attached hydrogen (secondary N) is 1. The van der Waals surface area contributed by atoms with E-state index >= 15 is 0 Å². The highest BCUT2D eigenvalue weighted by Gasteiger charge is 1.99. The molecule has 6 nitrogen and oxygen atoms in total. The summed E-state index contributed by atoms with van der Waals surface area (Å²) in [6.45, 7) is 0.609. The van der Waals surface area contributed by atoms with Gasteiger partial charge in [-0.15, -0.1) is 0 Å². The van der Waals surface area contributed by atoms with Crippen molar-refractivity contribution in [3.05, 3.63) is 26.9 Å². The molecule has 12 heavy (non-hydrogen) atoms. The Morgan fingerprint density at radius 2 is 2.17 bits per heavy atom. The zero-order chi connectivity index (χ0) is 9.14. The van der Waals surface area contributed by atoms with Crippen molar-refractivity contribution < 1.29 is 0 Å². The van der Waals surface area contributed by atoms with Crippen LogP contribution in [0, 0.1) is 0 Å². The molecular formula is C6H10N4O2. The number of anilines is 1. The number of aromatic amines is 1.